The molecule has 5 rings (SSSR count). The van der Waals surface area contributed by atoms with E-state index >= 15 is 0 Å². The second kappa shape index (κ2) is 13.9. The number of carbonyl (C=O) groups is 3. The zero-order chi connectivity index (χ0) is 32.0. The Bertz CT molecular complexity index is 1670. The first kappa shape index (κ1) is 31.7. The van der Waals surface area contributed by atoms with Gasteiger partial charge in [0.15, 0.2) is 5.75 Å². The quantitative estimate of drug-likeness (QED) is 0.184. The summed E-state index contributed by atoms with van der Waals surface area (Å²) in [5.41, 5.74) is 1.01. The molecule has 0 spiro atoms. The van der Waals surface area contributed by atoms with E-state index in [9.17, 15) is 14.4 Å². The Morgan fingerprint density at radius 3 is 2.44 bits per heavy atom. The topological polar surface area (TPSA) is 132 Å². The average Bonchev–Trinajstić information content (AvgIpc) is 3.57. The van der Waals surface area contributed by atoms with Gasteiger partial charge in [-0.2, -0.15) is 0 Å². The Kier molecular flexibility index (Phi) is 9.80. The van der Waals surface area contributed by atoms with Gasteiger partial charge in [0.25, 0.3) is 17.6 Å². The molecule has 0 unspecified atom stereocenters. The van der Waals surface area contributed by atoms with Crippen molar-refractivity contribution in [1.82, 2.24) is 15.2 Å². The van der Waals surface area contributed by atoms with Crippen LogP contribution in [0.3, 0.4) is 0 Å². The number of amides is 2. The van der Waals surface area contributed by atoms with Crippen molar-refractivity contribution in [2.24, 2.45) is 0 Å². The monoisotopic (exact) mass is 614 g/mol. The number of anilines is 1. The standard InChI is InChI=1S/C34H38N4O7/c1-34(2,3)22-19-26(32(40)36-21-29-35-11-15-45-29)31(42-4)27(20-22)37-33(41)30(39)25-9-10-28(24-8-6-5-7-23(24)25)44-18-14-38-12-16-43-17-13-38/h5-11,15,19-20H,12-14,16-18,21H2,1-4H3,(H,36,40)(H,37,41). The molecule has 4 aromatic rings. The molecule has 1 saturated heterocycles. The van der Waals surface area contributed by atoms with E-state index in [1.165, 1.54) is 19.6 Å². The Morgan fingerprint density at radius 1 is 1.00 bits per heavy atom. The minimum absolute atomic E-state index is 0.0644. The first-order valence-electron chi connectivity index (χ1n) is 14.8. The number of ketones is 1. The summed E-state index contributed by atoms with van der Waals surface area (Å²) in [7, 11) is 1.40. The van der Waals surface area contributed by atoms with Crippen LogP contribution in [0.5, 0.6) is 11.5 Å². The second-order valence-corrected chi connectivity index (χ2v) is 11.7. The highest BCUT2D eigenvalue weighted by Gasteiger charge is 2.27. The third kappa shape index (κ3) is 7.50. The molecule has 2 heterocycles. The lowest BCUT2D eigenvalue weighted by atomic mass is 9.85. The average molecular weight is 615 g/mol. The Hall–Kier alpha value is -4.74. The predicted molar refractivity (Wildman–Crippen MR) is 169 cm³/mol. The largest absolute Gasteiger partial charge is 0.494 e. The molecule has 1 aliphatic heterocycles. The molecule has 1 aliphatic rings. The normalized spacial score (nSPS) is 13.8. The molecule has 11 heteroatoms. The number of Topliss-reactive ketones (excluding diaryl/α,β-unsaturated/α-hetero) is 1. The fourth-order valence-corrected chi connectivity index (χ4v) is 5.14. The highest BCUT2D eigenvalue weighted by Crippen LogP contribution is 2.36. The fourth-order valence-electron chi connectivity index (χ4n) is 5.14. The van der Waals surface area contributed by atoms with Crippen LogP contribution in [0.15, 0.2) is 65.4 Å². The van der Waals surface area contributed by atoms with Gasteiger partial charge < -0.3 is 29.3 Å². The zero-order valence-electron chi connectivity index (χ0n) is 26.0. The number of hydrogen-bond donors (Lipinski definition) is 2. The van der Waals surface area contributed by atoms with Crippen LogP contribution in [0.2, 0.25) is 0 Å². The highest BCUT2D eigenvalue weighted by atomic mass is 16.5. The summed E-state index contributed by atoms with van der Waals surface area (Å²) in [5, 5.41) is 6.82. The number of aromatic nitrogens is 1. The highest BCUT2D eigenvalue weighted by molar-refractivity contribution is 6.48. The van der Waals surface area contributed by atoms with Crippen LogP contribution in [0, 0.1) is 0 Å². The minimum atomic E-state index is -0.864. The number of nitrogens with one attached hydrogen (secondary N) is 2. The van der Waals surface area contributed by atoms with Crippen LogP contribution < -0.4 is 20.1 Å². The van der Waals surface area contributed by atoms with Crippen molar-refractivity contribution >= 4 is 34.1 Å². The minimum Gasteiger partial charge on any atom is -0.494 e. The number of fused-ring (bicyclic) bond motifs is 1. The van der Waals surface area contributed by atoms with Gasteiger partial charge in [0, 0.05) is 30.6 Å². The molecule has 1 fully saturated rings. The number of hydrogen-bond acceptors (Lipinski definition) is 9. The van der Waals surface area contributed by atoms with E-state index in [0.717, 1.165) is 30.6 Å². The van der Waals surface area contributed by atoms with Crippen LogP contribution in [-0.2, 0) is 21.5 Å². The van der Waals surface area contributed by atoms with Crippen LogP contribution in [0.1, 0.15) is 52.9 Å². The van der Waals surface area contributed by atoms with E-state index in [1.807, 2.05) is 39.0 Å². The summed E-state index contributed by atoms with van der Waals surface area (Å²) in [5.74, 6) is -0.943. The Labute approximate surface area is 261 Å². The van der Waals surface area contributed by atoms with Gasteiger partial charge in [0.2, 0.25) is 5.89 Å². The lowest BCUT2D eigenvalue weighted by Gasteiger charge is -2.26. The fraction of sp³-hybridized carbons (Fsp3) is 0.353. The summed E-state index contributed by atoms with van der Waals surface area (Å²) in [6.07, 6.45) is 2.91. The van der Waals surface area contributed by atoms with Crippen molar-refractivity contribution in [3.63, 3.8) is 0 Å². The number of ether oxygens (including phenoxy) is 3. The van der Waals surface area contributed by atoms with E-state index < -0.39 is 17.6 Å². The third-order valence-electron chi connectivity index (χ3n) is 7.64. The van der Waals surface area contributed by atoms with Crippen molar-refractivity contribution in [2.75, 3.05) is 51.9 Å². The molecule has 0 saturated carbocycles. The molecular formula is C34H38N4O7. The van der Waals surface area contributed by atoms with Crippen LogP contribution in [0.4, 0.5) is 5.69 Å². The lowest BCUT2D eigenvalue weighted by Crippen LogP contribution is -2.38. The van der Waals surface area contributed by atoms with Crippen LogP contribution in [0.25, 0.3) is 10.8 Å². The second-order valence-electron chi connectivity index (χ2n) is 11.7. The summed E-state index contributed by atoms with van der Waals surface area (Å²) >= 11 is 0. The van der Waals surface area contributed by atoms with Crippen molar-refractivity contribution in [1.29, 1.82) is 0 Å². The molecule has 2 amide bonds. The van der Waals surface area contributed by atoms with Gasteiger partial charge >= 0.3 is 0 Å². The van der Waals surface area contributed by atoms with E-state index in [2.05, 4.69) is 20.5 Å². The first-order chi connectivity index (χ1) is 21.7. The maximum absolute atomic E-state index is 13.6. The maximum atomic E-state index is 13.6. The summed E-state index contributed by atoms with van der Waals surface area (Å²) in [6, 6.07) is 14.1. The number of benzene rings is 3. The molecule has 11 nitrogen and oxygen atoms in total. The van der Waals surface area contributed by atoms with Gasteiger partial charge in [-0.1, -0.05) is 45.0 Å². The summed E-state index contributed by atoms with van der Waals surface area (Å²) in [4.78, 5) is 46.7. The molecule has 2 N–H and O–H groups in total. The number of nitrogens with zero attached hydrogens (tertiary/aromatic N) is 2. The first-order valence-corrected chi connectivity index (χ1v) is 14.8. The molecule has 0 bridgehead atoms. The maximum Gasteiger partial charge on any atom is 0.296 e. The van der Waals surface area contributed by atoms with Gasteiger partial charge in [-0.3, -0.25) is 19.3 Å². The Balaban J connectivity index is 1.38. The zero-order valence-corrected chi connectivity index (χ0v) is 26.0. The molecule has 0 radical (unpaired) electrons. The molecule has 236 valence electrons. The third-order valence-corrected chi connectivity index (χ3v) is 7.64. The summed E-state index contributed by atoms with van der Waals surface area (Å²) in [6.45, 7) is 10.4. The molecule has 1 aromatic heterocycles. The molecular weight excluding hydrogens is 576 g/mol. The molecule has 0 aliphatic carbocycles. The number of methoxy groups -OCH3 is 1. The van der Waals surface area contributed by atoms with E-state index in [4.69, 9.17) is 18.6 Å². The predicted octanol–water partition coefficient (Wildman–Crippen LogP) is 4.60. The van der Waals surface area contributed by atoms with Crippen LogP contribution in [-0.4, -0.2) is 74.0 Å². The number of rotatable bonds is 11. The SMILES string of the molecule is COc1c(NC(=O)C(=O)c2ccc(OCCN3CCOCC3)c3ccccc23)cc(C(C)(C)C)cc1C(=O)NCc1ncco1. The molecule has 3 aromatic carbocycles. The summed E-state index contributed by atoms with van der Waals surface area (Å²) < 4.78 is 22.3. The lowest BCUT2D eigenvalue weighted by molar-refractivity contribution is -0.112. The van der Waals surface area contributed by atoms with E-state index in [-0.39, 0.29) is 34.5 Å². The van der Waals surface area contributed by atoms with Gasteiger partial charge in [0.1, 0.15) is 18.6 Å². The van der Waals surface area contributed by atoms with Crippen molar-refractivity contribution in [3.05, 3.63) is 83.6 Å². The number of oxazole rings is 1. The van der Waals surface area contributed by atoms with Gasteiger partial charge in [-0.05, 0) is 40.6 Å². The number of carbonyl (C=O) groups excluding carboxylic acids is 3. The van der Waals surface area contributed by atoms with E-state index in [0.29, 0.717) is 36.8 Å². The smallest absolute Gasteiger partial charge is 0.296 e. The van der Waals surface area contributed by atoms with Gasteiger partial charge in [-0.25, -0.2) is 4.98 Å². The number of morpholine rings is 1. The van der Waals surface area contributed by atoms with Crippen molar-refractivity contribution < 1.29 is 33.0 Å². The van der Waals surface area contributed by atoms with Crippen molar-refractivity contribution in [3.8, 4) is 11.5 Å². The molecule has 45 heavy (non-hydrogen) atoms. The van der Waals surface area contributed by atoms with Gasteiger partial charge in [0.05, 0.1) is 44.3 Å². The van der Waals surface area contributed by atoms with Crippen molar-refractivity contribution in [2.45, 2.75) is 32.7 Å². The molecule has 0 atom stereocenters. The Morgan fingerprint density at radius 2 is 1.76 bits per heavy atom. The van der Waals surface area contributed by atoms with Gasteiger partial charge in [-0.15, -0.1) is 0 Å². The van der Waals surface area contributed by atoms with Crippen LogP contribution >= 0.6 is 0 Å². The van der Waals surface area contributed by atoms with E-state index in [1.54, 1.807) is 30.3 Å².